The molecule has 1 atom stereocenters. The standard InChI is InChI=1S/C19H25N7.2ClH/c1-3-4-15-10-18(26-6-5-16(12-26)22-2)25-19(23-15)24-17-8-13(11-20)7-14(21)9-17;;/h7-10,16,22H,3-6,12,21H2,1-2H3,(H,23,24,25);2*1H. The molecule has 1 aromatic heterocycles. The maximum Gasteiger partial charge on any atom is 0.229 e. The summed E-state index contributed by atoms with van der Waals surface area (Å²) < 4.78 is 0. The van der Waals surface area contributed by atoms with Gasteiger partial charge in [0.05, 0.1) is 11.6 Å². The predicted octanol–water partition coefficient (Wildman–Crippen LogP) is 3.27. The lowest BCUT2D eigenvalue weighted by molar-refractivity contribution is 0.616. The van der Waals surface area contributed by atoms with Crippen LogP contribution in [0.3, 0.4) is 0 Å². The van der Waals surface area contributed by atoms with Gasteiger partial charge in [0, 0.05) is 42.3 Å². The number of benzene rings is 1. The number of nitriles is 1. The summed E-state index contributed by atoms with van der Waals surface area (Å²) in [5, 5.41) is 15.7. The van der Waals surface area contributed by atoms with Gasteiger partial charge in [0.15, 0.2) is 0 Å². The molecule has 1 aliphatic heterocycles. The highest BCUT2D eigenvalue weighted by molar-refractivity contribution is 5.85. The number of hydrogen-bond donors (Lipinski definition) is 3. The number of nitrogens with two attached hydrogens (primary N) is 1. The van der Waals surface area contributed by atoms with Gasteiger partial charge >= 0.3 is 0 Å². The number of rotatable bonds is 6. The third-order valence-electron chi connectivity index (χ3n) is 4.53. The molecule has 0 aliphatic carbocycles. The van der Waals surface area contributed by atoms with Crippen molar-refractivity contribution >= 4 is 48.0 Å². The van der Waals surface area contributed by atoms with E-state index in [1.165, 1.54) is 0 Å². The zero-order chi connectivity index (χ0) is 18.5. The fourth-order valence-corrected chi connectivity index (χ4v) is 3.21. The van der Waals surface area contributed by atoms with Gasteiger partial charge in [-0.05, 0) is 38.1 Å². The fourth-order valence-electron chi connectivity index (χ4n) is 3.21. The van der Waals surface area contributed by atoms with E-state index in [4.69, 9.17) is 16.0 Å². The van der Waals surface area contributed by atoms with Crippen molar-refractivity contribution in [3.8, 4) is 6.07 Å². The van der Waals surface area contributed by atoms with E-state index in [0.29, 0.717) is 23.2 Å². The second-order valence-corrected chi connectivity index (χ2v) is 6.59. The summed E-state index contributed by atoms with van der Waals surface area (Å²) in [6.07, 6.45) is 3.02. The Morgan fingerprint density at radius 3 is 2.68 bits per heavy atom. The number of aromatic nitrogens is 2. The topological polar surface area (TPSA) is 103 Å². The SMILES string of the molecule is CCCc1cc(N2CCC(NC)C2)nc(Nc2cc(N)cc(C#N)c2)n1.Cl.Cl. The van der Waals surface area contributed by atoms with E-state index >= 15 is 0 Å². The normalized spacial score (nSPS) is 15.3. The molecule has 2 aromatic rings. The number of nitrogen functional groups attached to an aromatic ring is 1. The summed E-state index contributed by atoms with van der Waals surface area (Å²) in [4.78, 5) is 11.6. The maximum atomic E-state index is 9.13. The Morgan fingerprint density at radius 2 is 2.04 bits per heavy atom. The number of halogens is 2. The second-order valence-electron chi connectivity index (χ2n) is 6.59. The average Bonchev–Trinajstić information content (AvgIpc) is 3.10. The molecule has 1 fully saturated rings. The van der Waals surface area contributed by atoms with Gasteiger partial charge in [0.1, 0.15) is 5.82 Å². The number of nitrogens with zero attached hydrogens (tertiary/aromatic N) is 4. The van der Waals surface area contributed by atoms with E-state index in [-0.39, 0.29) is 24.8 Å². The summed E-state index contributed by atoms with van der Waals surface area (Å²) in [6, 6.07) is 9.86. The summed E-state index contributed by atoms with van der Waals surface area (Å²) in [6.45, 7) is 4.05. The molecule has 3 rings (SSSR count). The highest BCUT2D eigenvalue weighted by atomic mass is 35.5. The molecule has 0 radical (unpaired) electrons. The van der Waals surface area contributed by atoms with E-state index in [9.17, 15) is 0 Å². The molecule has 0 bridgehead atoms. The van der Waals surface area contributed by atoms with Crippen LogP contribution in [0, 0.1) is 11.3 Å². The van der Waals surface area contributed by atoms with Crippen molar-refractivity contribution in [1.29, 1.82) is 5.26 Å². The van der Waals surface area contributed by atoms with E-state index in [0.717, 1.165) is 49.6 Å². The van der Waals surface area contributed by atoms with Gasteiger partial charge in [-0.15, -0.1) is 24.8 Å². The molecule has 4 N–H and O–H groups in total. The van der Waals surface area contributed by atoms with Gasteiger partial charge in [-0.2, -0.15) is 10.2 Å². The number of nitrogens with one attached hydrogen (secondary N) is 2. The van der Waals surface area contributed by atoms with Gasteiger partial charge in [-0.25, -0.2) is 4.98 Å². The number of hydrogen-bond acceptors (Lipinski definition) is 7. The first-order chi connectivity index (χ1) is 12.6. The Balaban J connectivity index is 0.00000196. The number of anilines is 4. The molecule has 1 aromatic carbocycles. The van der Waals surface area contributed by atoms with Gasteiger partial charge in [0.2, 0.25) is 5.95 Å². The second kappa shape index (κ2) is 10.9. The lowest BCUT2D eigenvalue weighted by atomic mass is 10.2. The molecule has 1 aliphatic rings. The zero-order valence-corrected chi connectivity index (χ0v) is 17.7. The molecule has 0 amide bonds. The molecule has 152 valence electrons. The highest BCUT2D eigenvalue weighted by Gasteiger charge is 2.23. The lowest BCUT2D eigenvalue weighted by Crippen LogP contribution is -2.30. The predicted molar refractivity (Wildman–Crippen MR) is 119 cm³/mol. The summed E-state index contributed by atoms with van der Waals surface area (Å²) >= 11 is 0. The summed E-state index contributed by atoms with van der Waals surface area (Å²) in [7, 11) is 2.00. The van der Waals surface area contributed by atoms with Crippen molar-refractivity contribution in [2.24, 2.45) is 0 Å². The molecule has 0 saturated carbocycles. The minimum absolute atomic E-state index is 0. The number of likely N-dealkylation sites (N-methyl/N-ethyl adjacent to an activating group) is 1. The molecule has 28 heavy (non-hydrogen) atoms. The van der Waals surface area contributed by atoms with Crippen LogP contribution in [0.2, 0.25) is 0 Å². The third kappa shape index (κ3) is 5.86. The Morgan fingerprint density at radius 1 is 1.25 bits per heavy atom. The first-order valence-corrected chi connectivity index (χ1v) is 8.99. The Bertz CT molecular complexity index is 822. The molecule has 7 nitrogen and oxygen atoms in total. The van der Waals surface area contributed by atoms with E-state index < -0.39 is 0 Å². The van der Waals surface area contributed by atoms with E-state index in [1.807, 2.05) is 7.05 Å². The Hall–Kier alpha value is -2.27. The summed E-state index contributed by atoms with van der Waals surface area (Å²) in [5.74, 6) is 1.47. The smallest absolute Gasteiger partial charge is 0.229 e. The van der Waals surface area contributed by atoms with Crippen molar-refractivity contribution in [2.45, 2.75) is 32.2 Å². The van der Waals surface area contributed by atoms with Crippen molar-refractivity contribution in [2.75, 3.05) is 36.1 Å². The maximum absolute atomic E-state index is 9.13. The average molecular weight is 424 g/mol. The van der Waals surface area contributed by atoms with E-state index in [1.54, 1.807) is 18.2 Å². The van der Waals surface area contributed by atoms with Crippen molar-refractivity contribution < 1.29 is 0 Å². The van der Waals surface area contributed by atoms with Crippen molar-refractivity contribution in [3.63, 3.8) is 0 Å². The minimum Gasteiger partial charge on any atom is -0.399 e. The van der Waals surface area contributed by atoms with Crippen LogP contribution < -0.4 is 21.3 Å². The minimum atomic E-state index is 0. The van der Waals surface area contributed by atoms with Crippen LogP contribution in [-0.4, -0.2) is 36.1 Å². The Labute approximate surface area is 178 Å². The molecular weight excluding hydrogens is 397 g/mol. The molecule has 2 heterocycles. The van der Waals surface area contributed by atoms with Gasteiger partial charge in [-0.1, -0.05) is 13.3 Å². The largest absolute Gasteiger partial charge is 0.399 e. The van der Waals surface area contributed by atoms with Gasteiger partial charge in [-0.3, -0.25) is 0 Å². The van der Waals surface area contributed by atoms with Crippen molar-refractivity contribution in [1.82, 2.24) is 15.3 Å². The van der Waals surface area contributed by atoms with Crippen molar-refractivity contribution in [3.05, 3.63) is 35.5 Å². The van der Waals surface area contributed by atoms with Crippen LogP contribution in [0.1, 0.15) is 31.0 Å². The Kier molecular flexibility index (Phi) is 9.26. The monoisotopic (exact) mass is 423 g/mol. The molecular formula is C19H27Cl2N7. The molecule has 9 heteroatoms. The molecule has 1 unspecified atom stereocenters. The van der Waals surface area contributed by atoms with Crippen LogP contribution in [-0.2, 0) is 6.42 Å². The third-order valence-corrected chi connectivity index (χ3v) is 4.53. The van der Waals surface area contributed by atoms with Crippen LogP contribution >= 0.6 is 24.8 Å². The number of aryl methyl sites for hydroxylation is 1. The first kappa shape index (κ1) is 23.8. The quantitative estimate of drug-likeness (QED) is 0.612. The summed E-state index contributed by atoms with van der Waals surface area (Å²) in [5.41, 5.74) is 8.65. The first-order valence-electron chi connectivity index (χ1n) is 8.99. The van der Waals surface area contributed by atoms with Crippen LogP contribution in [0.5, 0.6) is 0 Å². The fraction of sp³-hybridized carbons (Fsp3) is 0.421. The van der Waals surface area contributed by atoms with Crippen LogP contribution in [0.4, 0.5) is 23.1 Å². The van der Waals surface area contributed by atoms with Gasteiger partial charge in [0.25, 0.3) is 0 Å². The highest BCUT2D eigenvalue weighted by Crippen LogP contribution is 2.24. The van der Waals surface area contributed by atoms with Gasteiger partial charge < -0.3 is 21.3 Å². The zero-order valence-electron chi connectivity index (χ0n) is 16.1. The van der Waals surface area contributed by atoms with E-state index in [2.05, 4.69) is 39.6 Å². The molecule has 1 saturated heterocycles. The van der Waals surface area contributed by atoms with Crippen LogP contribution in [0.15, 0.2) is 24.3 Å². The van der Waals surface area contributed by atoms with Crippen LogP contribution in [0.25, 0.3) is 0 Å². The molecule has 0 spiro atoms. The lowest BCUT2D eigenvalue weighted by Gasteiger charge is -2.19.